The summed E-state index contributed by atoms with van der Waals surface area (Å²) in [5.41, 5.74) is 19.6. The first kappa shape index (κ1) is 26.2. The van der Waals surface area contributed by atoms with Gasteiger partial charge in [-0.1, -0.05) is 80.5 Å². The van der Waals surface area contributed by atoms with Crippen LogP contribution in [0.4, 0.5) is 22.7 Å². The van der Waals surface area contributed by atoms with E-state index in [1.54, 1.807) is 0 Å². The molecular weight excluding hydrogens is 495 g/mol. The first-order valence-corrected chi connectivity index (χ1v) is 15.3. The number of fused-ring (bicyclic) bond motifs is 3. The van der Waals surface area contributed by atoms with Crippen molar-refractivity contribution < 1.29 is 0 Å². The van der Waals surface area contributed by atoms with Crippen LogP contribution in [0.2, 0.25) is 0 Å². The van der Waals surface area contributed by atoms with E-state index < -0.39 is 0 Å². The van der Waals surface area contributed by atoms with Crippen molar-refractivity contribution in [2.45, 2.75) is 79.6 Å². The molecule has 206 valence electrons. The van der Waals surface area contributed by atoms with Crippen LogP contribution in [-0.2, 0) is 5.41 Å². The second-order valence-corrected chi connectivity index (χ2v) is 13.6. The second-order valence-electron chi connectivity index (χ2n) is 13.6. The van der Waals surface area contributed by atoms with Crippen molar-refractivity contribution in [1.29, 1.82) is 0 Å². The fourth-order valence-electron chi connectivity index (χ4n) is 7.40. The molecule has 3 aromatic carbocycles. The fraction of sp³-hybridized carbons (Fsp3) is 0.316. The quantitative estimate of drug-likeness (QED) is 0.302. The maximum absolute atomic E-state index is 2.64. The predicted octanol–water partition coefficient (Wildman–Crippen LogP) is 8.97. The average Bonchev–Trinajstić information content (AvgIpc) is 2.93. The Kier molecular flexibility index (Phi) is 6.01. The molecule has 0 fully saturated rings. The van der Waals surface area contributed by atoms with Gasteiger partial charge in [-0.25, -0.2) is 0 Å². The summed E-state index contributed by atoms with van der Waals surface area (Å²) in [5, 5.41) is 0. The zero-order chi connectivity index (χ0) is 28.6. The van der Waals surface area contributed by atoms with Crippen LogP contribution in [-0.4, -0.2) is 6.71 Å². The maximum Gasteiger partial charge on any atom is 0.251 e. The number of para-hydroxylation sites is 1. The van der Waals surface area contributed by atoms with Gasteiger partial charge in [0.25, 0.3) is 6.71 Å². The second kappa shape index (κ2) is 9.41. The summed E-state index contributed by atoms with van der Waals surface area (Å²) in [5.74, 6) is 0. The minimum Gasteiger partial charge on any atom is -0.315 e. The number of hydrogen-bond donors (Lipinski definition) is 0. The minimum atomic E-state index is 0.0191. The normalized spacial score (nSPS) is 17.9. The van der Waals surface area contributed by atoms with E-state index in [1.807, 2.05) is 0 Å². The van der Waals surface area contributed by atoms with Gasteiger partial charge in [0.2, 0.25) is 0 Å². The largest absolute Gasteiger partial charge is 0.315 e. The van der Waals surface area contributed by atoms with Crippen LogP contribution in [0.15, 0.2) is 101 Å². The lowest BCUT2D eigenvalue weighted by Crippen LogP contribution is -2.57. The number of aryl methyl sites for hydroxylation is 2. The summed E-state index contributed by atoms with van der Waals surface area (Å²) >= 11 is 0. The highest BCUT2D eigenvalue weighted by Gasteiger charge is 2.45. The average molecular weight is 537 g/mol. The number of anilines is 4. The van der Waals surface area contributed by atoms with E-state index in [4.69, 9.17) is 0 Å². The molecule has 2 aliphatic heterocycles. The monoisotopic (exact) mass is 536 g/mol. The Balaban J connectivity index is 1.64. The minimum absolute atomic E-state index is 0.0191. The van der Waals surface area contributed by atoms with Crippen molar-refractivity contribution in [3.63, 3.8) is 0 Å². The van der Waals surface area contributed by atoms with Gasteiger partial charge in [-0.05, 0) is 116 Å². The van der Waals surface area contributed by atoms with Crippen LogP contribution in [0.5, 0.6) is 0 Å². The number of benzene rings is 3. The Bertz CT molecular complexity index is 1730. The highest BCUT2D eigenvalue weighted by atomic mass is 15.2. The summed E-state index contributed by atoms with van der Waals surface area (Å²) in [7, 11) is 0. The van der Waals surface area contributed by atoms with Crippen molar-refractivity contribution in [2.24, 2.45) is 0 Å². The zero-order valence-electron chi connectivity index (χ0n) is 25.7. The summed E-state index contributed by atoms with van der Waals surface area (Å²) < 4.78 is 0. The molecular formula is C38H41BN2. The van der Waals surface area contributed by atoms with Crippen LogP contribution in [0.3, 0.4) is 0 Å². The SMILES string of the molecule is CC1=CC2=C(CC1)N(c1ccccc1C)c1cc(C(C)(C)C)cc3c1B2c1cc(C)ccc1N3C1=C(C)C=CCC1. The molecule has 0 aromatic heterocycles. The maximum atomic E-state index is 2.64. The fourth-order valence-corrected chi connectivity index (χ4v) is 7.40. The first-order valence-electron chi connectivity index (χ1n) is 15.3. The van der Waals surface area contributed by atoms with Crippen LogP contribution in [0.1, 0.15) is 77.0 Å². The molecule has 7 rings (SSSR count). The van der Waals surface area contributed by atoms with Gasteiger partial charge >= 0.3 is 0 Å². The number of rotatable bonds is 2. The third-order valence-corrected chi connectivity index (χ3v) is 9.58. The number of allylic oxidation sites excluding steroid dienone is 8. The molecule has 0 N–H and O–H groups in total. The van der Waals surface area contributed by atoms with Gasteiger partial charge in [-0.2, -0.15) is 0 Å². The topological polar surface area (TPSA) is 6.48 Å². The van der Waals surface area contributed by atoms with Gasteiger partial charge in [-0.3, -0.25) is 0 Å². The van der Waals surface area contributed by atoms with E-state index in [2.05, 4.69) is 131 Å². The van der Waals surface area contributed by atoms with Gasteiger partial charge < -0.3 is 9.80 Å². The highest BCUT2D eigenvalue weighted by Crippen LogP contribution is 2.48. The Morgan fingerprint density at radius 3 is 2.17 bits per heavy atom. The molecule has 0 unspecified atom stereocenters. The van der Waals surface area contributed by atoms with Crippen molar-refractivity contribution in [3.8, 4) is 0 Å². The molecule has 0 amide bonds. The third kappa shape index (κ3) is 4.08. The predicted molar refractivity (Wildman–Crippen MR) is 178 cm³/mol. The molecule has 0 radical (unpaired) electrons. The van der Waals surface area contributed by atoms with E-state index in [1.165, 1.54) is 78.4 Å². The van der Waals surface area contributed by atoms with Crippen LogP contribution in [0, 0.1) is 13.8 Å². The van der Waals surface area contributed by atoms with Gasteiger partial charge in [0, 0.05) is 34.1 Å². The van der Waals surface area contributed by atoms with Crippen molar-refractivity contribution in [3.05, 3.63) is 118 Å². The smallest absolute Gasteiger partial charge is 0.251 e. The molecule has 41 heavy (non-hydrogen) atoms. The van der Waals surface area contributed by atoms with Gasteiger partial charge in [0.05, 0.1) is 0 Å². The van der Waals surface area contributed by atoms with Gasteiger partial charge in [0.15, 0.2) is 0 Å². The van der Waals surface area contributed by atoms with Gasteiger partial charge in [-0.15, -0.1) is 0 Å². The molecule has 2 heterocycles. The van der Waals surface area contributed by atoms with Crippen molar-refractivity contribution in [2.75, 3.05) is 9.80 Å². The number of nitrogens with zero attached hydrogens (tertiary/aromatic N) is 2. The van der Waals surface area contributed by atoms with Crippen LogP contribution < -0.4 is 20.7 Å². The molecule has 4 aliphatic rings. The number of hydrogen-bond acceptors (Lipinski definition) is 2. The zero-order valence-corrected chi connectivity index (χ0v) is 25.7. The van der Waals surface area contributed by atoms with Gasteiger partial charge in [0.1, 0.15) is 0 Å². The Hall–Kier alpha value is -3.72. The first-order chi connectivity index (χ1) is 19.6. The lowest BCUT2D eigenvalue weighted by molar-refractivity contribution is 0.590. The standard InChI is InChI=1S/C38H41BN2/c1-24-16-18-33-29(20-24)39-30-21-25(2)17-19-34(30)41(32-15-11-9-13-27(32)4)36-23-28(38(5,6)7)22-35(37(36)39)40(33)31-14-10-8-12-26(31)3/h8-10,12-14,17,19-23H,11,15-16,18H2,1-7H3. The summed E-state index contributed by atoms with van der Waals surface area (Å²) in [6.07, 6.45) is 11.5. The summed E-state index contributed by atoms with van der Waals surface area (Å²) in [6.45, 7) is 16.4. The third-order valence-electron chi connectivity index (χ3n) is 9.58. The molecule has 0 saturated heterocycles. The van der Waals surface area contributed by atoms with Crippen LogP contribution in [0.25, 0.3) is 0 Å². The molecule has 3 heteroatoms. The van der Waals surface area contributed by atoms with E-state index in [0.29, 0.717) is 0 Å². The molecule has 0 saturated carbocycles. The molecule has 2 nitrogen and oxygen atoms in total. The van der Waals surface area contributed by atoms with E-state index >= 15 is 0 Å². The molecule has 0 atom stereocenters. The lowest BCUT2D eigenvalue weighted by Gasteiger charge is -2.47. The van der Waals surface area contributed by atoms with Crippen molar-refractivity contribution in [1.82, 2.24) is 0 Å². The summed E-state index contributed by atoms with van der Waals surface area (Å²) in [4.78, 5) is 5.28. The molecule has 3 aromatic rings. The molecule has 0 bridgehead atoms. The lowest BCUT2D eigenvalue weighted by atomic mass is 9.32. The molecule has 2 aliphatic carbocycles. The van der Waals surface area contributed by atoms with E-state index in [0.717, 1.165) is 25.7 Å². The summed E-state index contributed by atoms with van der Waals surface area (Å²) in [6, 6.07) is 21.2. The van der Waals surface area contributed by atoms with E-state index in [-0.39, 0.29) is 12.1 Å². The highest BCUT2D eigenvalue weighted by molar-refractivity contribution is 6.95. The van der Waals surface area contributed by atoms with Crippen LogP contribution >= 0.6 is 0 Å². The van der Waals surface area contributed by atoms with E-state index in [9.17, 15) is 0 Å². The Morgan fingerprint density at radius 1 is 0.732 bits per heavy atom. The molecule has 0 spiro atoms. The Morgan fingerprint density at radius 2 is 1.46 bits per heavy atom. The van der Waals surface area contributed by atoms with Crippen molar-refractivity contribution >= 4 is 40.4 Å². The Labute approximate surface area is 246 Å².